The summed E-state index contributed by atoms with van der Waals surface area (Å²) < 4.78 is 32.5. The molecule has 0 bridgehead atoms. The Bertz CT molecular complexity index is 1270. The molecule has 4 amide bonds. The van der Waals surface area contributed by atoms with E-state index >= 15 is 0 Å². The van der Waals surface area contributed by atoms with Crippen LogP contribution in [-0.2, 0) is 29.9 Å². The van der Waals surface area contributed by atoms with E-state index in [2.05, 4.69) is 10.6 Å². The molecule has 36 heavy (non-hydrogen) atoms. The number of sulfonamides is 1. The third kappa shape index (κ3) is 4.96. The van der Waals surface area contributed by atoms with Crippen molar-refractivity contribution in [3.05, 3.63) is 59.1 Å². The molecule has 2 fully saturated rings. The van der Waals surface area contributed by atoms with E-state index in [1.807, 2.05) is 13.0 Å². The summed E-state index contributed by atoms with van der Waals surface area (Å²) in [5.74, 6) is -1.22. The maximum atomic E-state index is 13.4. The fourth-order valence-electron chi connectivity index (χ4n) is 4.41. The maximum Gasteiger partial charge on any atom is 0.325 e. The number of benzene rings is 2. The van der Waals surface area contributed by atoms with Crippen LogP contribution in [0.5, 0.6) is 0 Å². The Morgan fingerprint density at radius 3 is 2.50 bits per heavy atom. The molecule has 0 aliphatic carbocycles. The van der Waals surface area contributed by atoms with Gasteiger partial charge in [-0.15, -0.1) is 0 Å². The Hall–Kier alpha value is -2.99. The predicted octanol–water partition coefficient (Wildman–Crippen LogP) is 2.55. The maximum absolute atomic E-state index is 13.4. The number of hydrogen-bond acceptors (Lipinski definition) is 6. The highest BCUT2D eigenvalue weighted by Gasteiger charge is 2.52. The Kier molecular flexibility index (Phi) is 7.65. The molecule has 2 aromatic rings. The first-order valence-corrected chi connectivity index (χ1v) is 13.4. The van der Waals surface area contributed by atoms with E-state index in [1.165, 1.54) is 22.5 Å². The highest BCUT2D eigenvalue weighted by Crippen LogP contribution is 2.34. The third-order valence-electron chi connectivity index (χ3n) is 6.19. The number of nitrogens with zero attached hydrogens (tertiary/aromatic N) is 2. The summed E-state index contributed by atoms with van der Waals surface area (Å²) in [6.45, 7) is 2.38. The number of carbonyl (C=O) groups is 3. The van der Waals surface area contributed by atoms with Gasteiger partial charge in [0, 0.05) is 13.1 Å². The molecule has 192 valence electrons. The first kappa shape index (κ1) is 26.1. The van der Waals surface area contributed by atoms with E-state index in [1.54, 1.807) is 24.3 Å². The molecular formula is C24H27ClN4O6S. The van der Waals surface area contributed by atoms with Crippen LogP contribution in [0.2, 0.25) is 5.02 Å². The summed E-state index contributed by atoms with van der Waals surface area (Å²) in [7, 11) is -3.81. The second-order valence-corrected chi connectivity index (χ2v) is 10.9. The molecule has 10 nitrogen and oxygen atoms in total. The van der Waals surface area contributed by atoms with Crippen LogP contribution in [0.1, 0.15) is 25.3 Å². The van der Waals surface area contributed by atoms with Gasteiger partial charge in [-0.1, -0.05) is 55.3 Å². The minimum atomic E-state index is -3.81. The molecule has 1 atom stereocenters. The van der Waals surface area contributed by atoms with Gasteiger partial charge in [0.25, 0.3) is 5.91 Å². The number of nitrogens with one attached hydrogen (secondary N) is 2. The van der Waals surface area contributed by atoms with Crippen LogP contribution in [0, 0.1) is 0 Å². The molecular weight excluding hydrogens is 508 g/mol. The van der Waals surface area contributed by atoms with Gasteiger partial charge >= 0.3 is 6.03 Å². The number of imide groups is 1. The fourth-order valence-corrected chi connectivity index (χ4v) is 6.01. The summed E-state index contributed by atoms with van der Waals surface area (Å²) >= 11 is 6.21. The zero-order valence-electron chi connectivity index (χ0n) is 19.7. The summed E-state index contributed by atoms with van der Waals surface area (Å²) in [4.78, 5) is 39.8. The first-order valence-electron chi connectivity index (χ1n) is 11.6. The second-order valence-electron chi connectivity index (χ2n) is 8.55. The van der Waals surface area contributed by atoms with Crippen molar-refractivity contribution in [2.24, 2.45) is 0 Å². The van der Waals surface area contributed by atoms with Gasteiger partial charge in [0.2, 0.25) is 15.9 Å². The normalized spacial score (nSPS) is 20.9. The van der Waals surface area contributed by atoms with Crippen molar-refractivity contribution in [2.75, 3.05) is 38.2 Å². The van der Waals surface area contributed by atoms with Crippen LogP contribution < -0.4 is 10.6 Å². The number of ether oxygens (including phenoxy) is 1. The van der Waals surface area contributed by atoms with E-state index in [9.17, 15) is 22.8 Å². The van der Waals surface area contributed by atoms with E-state index < -0.39 is 40.0 Å². The number of urea groups is 1. The summed E-state index contributed by atoms with van der Waals surface area (Å²) in [6.07, 6.45) is 0.994. The average molecular weight is 535 g/mol. The second kappa shape index (κ2) is 10.6. The molecule has 0 aromatic heterocycles. The van der Waals surface area contributed by atoms with Gasteiger partial charge in [-0.3, -0.25) is 14.5 Å². The lowest BCUT2D eigenvalue weighted by molar-refractivity contribution is -0.134. The summed E-state index contributed by atoms with van der Waals surface area (Å²) in [6, 6.07) is 12.2. The summed E-state index contributed by atoms with van der Waals surface area (Å²) in [5, 5.41) is 5.42. The smallest absolute Gasteiger partial charge is 0.325 e. The standard InChI is InChI=1S/C24H27ClN4O6S/c1-2-10-24(17-6-4-3-5-7-17)22(31)29(23(32)27-24)16-21(30)26-20-15-18(8-9-19(20)25)36(33,34)28-11-13-35-14-12-28/h3-9,15H,2,10-14,16H2,1H3,(H,26,30)(H,27,32)/t24-/m1/s1. The van der Waals surface area contributed by atoms with Gasteiger partial charge in [0.15, 0.2) is 0 Å². The van der Waals surface area contributed by atoms with Crippen molar-refractivity contribution in [3.8, 4) is 0 Å². The molecule has 0 spiro atoms. The lowest BCUT2D eigenvalue weighted by Crippen LogP contribution is -2.44. The number of amides is 4. The Labute approximate surface area is 214 Å². The van der Waals surface area contributed by atoms with Crippen molar-refractivity contribution in [1.82, 2.24) is 14.5 Å². The zero-order valence-corrected chi connectivity index (χ0v) is 21.3. The molecule has 0 unspecified atom stereocenters. The number of hydrogen-bond donors (Lipinski definition) is 2. The van der Waals surface area contributed by atoms with Crippen LogP contribution in [0.3, 0.4) is 0 Å². The van der Waals surface area contributed by atoms with Crippen LogP contribution in [0.15, 0.2) is 53.4 Å². The number of morpholine rings is 1. The SMILES string of the molecule is CCC[C@]1(c2ccccc2)NC(=O)N(CC(=O)Nc2cc(S(=O)(=O)N3CCOCC3)ccc2Cl)C1=O. The van der Waals surface area contributed by atoms with E-state index in [0.29, 0.717) is 31.6 Å². The summed E-state index contributed by atoms with van der Waals surface area (Å²) in [5.41, 5.74) is -0.555. The lowest BCUT2D eigenvalue weighted by Gasteiger charge is -2.27. The molecule has 2 aliphatic heterocycles. The number of halogens is 1. The molecule has 2 heterocycles. The quantitative estimate of drug-likeness (QED) is 0.501. The number of carbonyl (C=O) groups excluding carboxylic acids is 3. The van der Waals surface area contributed by atoms with Crippen LogP contribution >= 0.6 is 11.6 Å². The Morgan fingerprint density at radius 1 is 1.14 bits per heavy atom. The average Bonchev–Trinajstić information content (AvgIpc) is 3.11. The Balaban J connectivity index is 1.52. The molecule has 2 aromatic carbocycles. The van der Waals surface area contributed by atoms with E-state index in [4.69, 9.17) is 16.3 Å². The molecule has 2 N–H and O–H groups in total. The van der Waals surface area contributed by atoms with Gasteiger partial charge < -0.3 is 15.4 Å². The van der Waals surface area contributed by atoms with Crippen LogP contribution in [0.4, 0.5) is 10.5 Å². The van der Waals surface area contributed by atoms with E-state index in [-0.39, 0.29) is 28.7 Å². The highest BCUT2D eigenvalue weighted by atomic mass is 35.5. The van der Waals surface area contributed by atoms with E-state index in [0.717, 1.165) is 4.90 Å². The fraction of sp³-hybridized carbons (Fsp3) is 0.375. The van der Waals surface area contributed by atoms with Crippen molar-refractivity contribution in [3.63, 3.8) is 0 Å². The monoisotopic (exact) mass is 534 g/mol. The topological polar surface area (TPSA) is 125 Å². The molecule has 12 heteroatoms. The van der Waals surface area contributed by atoms with Gasteiger partial charge in [-0.05, 0) is 30.2 Å². The molecule has 2 saturated heterocycles. The van der Waals surface area contributed by atoms with Crippen molar-refractivity contribution in [1.29, 1.82) is 0 Å². The molecule has 0 radical (unpaired) electrons. The van der Waals surface area contributed by atoms with Crippen molar-refractivity contribution in [2.45, 2.75) is 30.2 Å². The van der Waals surface area contributed by atoms with Crippen LogP contribution in [0.25, 0.3) is 0 Å². The molecule has 2 aliphatic rings. The lowest BCUT2D eigenvalue weighted by atomic mass is 9.85. The van der Waals surface area contributed by atoms with Gasteiger partial charge in [-0.25, -0.2) is 13.2 Å². The van der Waals surface area contributed by atoms with Crippen LogP contribution in [-0.4, -0.2) is 68.3 Å². The van der Waals surface area contributed by atoms with Gasteiger partial charge in [-0.2, -0.15) is 4.31 Å². The first-order chi connectivity index (χ1) is 17.2. The number of rotatable bonds is 8. The Morgan fingerprint density at radius 2 is 1.83 bits per heavy atom. The van der Waals surface area contributed by atoms with Gasteiger partial charge in [0.1, 0.15) is 12.1 Å². The molecule has 0 saturated carbocycles. The predicted molar refractivity (Wildman–Crippen MR) is 133 cm³/mol. The van der Waals surface area contributed by atoms with Crippen molar-refractivity contribution < 1.29 is 27.5 Å². The molecule has 4 rings (SSSR count). The van der Waals surface area contributed by atoms with Crippen molar-refractivity contribution >= 4 is 45.2 Å². The zero-order chi connectivity index (χ0) is 25.9. The largest absolute Gasteiger partial charge is 0.379 e. The third-order valence-corrected chi connectivity index (χ3v) is 8.41. The van der Waals surface area contributed by atoms with Gasteiger partial charge in [0.05, 0.1) is 28.8 Å². The minimum Gasteiger partial charge on any atom is -0.379 e. The minimum absolute atomic E-state index is 0.0369. The highest BCUT2D eigenvalue weighted by molar-refractivity contribution is 7.89. The number of anilines is 1.